The second-order valence-electron chi connectivity index (χ2n) is 4.06. The smallest absolute Gasteiger partial charge is 0.268 e. The maximum absolute atomic E-state index is 12.0. The summed E-state index contributed by atoms with van der Waals surface area (Å²) >= 11 is 5.95. The lowest BCUT2D eigenvalue weighted by Crippen LogP contribution is -2.27. The predicted octanol–water partition coefficient (Wildman–Crippen LogP) is 2.51. The normalized spacial score (nSPS) is 10.8. The van der Waals surface area contributed by atoms with Gasteiger partial charge in [-0.05, 0) is 30.7 Å². The Bertz CT molecular complexity index is 578. The molecule has 1 amide bonds. The molecular weight excluding hydrogens is 252 g/mol. The van der Waals surface area contributed by atoms with Crippen LogP contribution in [0.2, 0.25) is 5.02 Å². The van der Waals surface area contributed by atoms with E-state index in [4.69, 9.17) is 16.3 Å². The monoisotopic (exact) mass is 266 g/mol. The average molecular weight is 267 g/mol. The lowest BCUT2D eigenvalue weighted by atomic mass is 10.1. The highest BCUT2D eigenvalue weighted by Gasteiger charge is 2.14. The van der Waals surface area contributed by atoms with E-state index in [1.54, 1.807) is 13.2 Å². The number of rotatable bonds is 4. The topological polar surface area (TPSA) is 54.1 Å². The molecule has 2 rings (SSSR count). The standard InChI is InChI=1S/C13H15ClN2O2/c1-8-10-7-9(14)3-4-11(10)16-12(8)13(17)15-5-6-18-2/h3-4,7,16H,5-6H2,1-2H3,(H,15,17). The molecule has 96 valence electrons. The van der Waals surface area contributed by atoms with Crippen LogP contribution in [0.3, 0.4) is 0 Å². The molecule has 5 heteroatoms. The van der Waals surface area contributed by atoms with Crippen molar-refractivity contribution in [3.8, 4) is 0 Å². The maximum Gasteiger partial charge on any atom is 0.268 e. The van der Waals surface area contributed by atoms with Gasteiger partial charge in [-0.3, -0.25) is 4.79 Å². The molecule has 0 unspecified atom stereocenters. The van der Waals surface area contributed by atoms with E-state index in [1.807, 2.05) is 19.1 Å². The van der Waals surface area contributed by atoms with E-state index in [2.05, 4.69) is 10.3 Å². The van der Waals surface area contributed by atoms with Gasteiger partial charge in [0.1, 0.15) is 5.69 Å². The first kappa shape index (κ1) is 12.9. The number of carbonyl (C=O) groups excluding carboxylic acids is 1. The van der Waals surface area contributed by atoms with Crippen LogP contribution in [0.1, 0.15) is 16.1 Å². The zero-order chi connectivity index (χ0) is 13.1. The Morgan fingerprint density at radius 2 is 2.28 bits per heavy atom. The molecule has 18 heavy (non-hydrogen) atoms. The quantitative estimate of drug-likeness (QED) is 0.836. The fourth-order valence-corrected chi connectivity index (χ4v) is 2.05. The fraction of sp³-hybridized carbons (Fsp3) is 0.308. The van der Waals surface area contributed by atoms with E-state index in [9.17, 15) is 4.79 Å². The molecule has 0 saturated heterocycles. The number of hydrogen-bond donors (Lipinski definition) is 2. The van der Waals surface area contributed by atoms with Crippen molar-refractivity contribution in [2.75, 3.05) is 20.3 Å². The fourth-order valence-electron chi connectivity index (χ4n) is 1.88. The number of methoxy groups -OCH3 is 1. The van der Waals surface area contributed by atoms with Crippen LogP contribution in [-0.2, 0) is 4.74 Å². The van der Waals surface area contributed by atoms with Gasteiger partial charge in [-0.1, -0.05) is 11.6 Å². The van der Waals surface area contributed by atoms with Gasteiger partial charge < -0.3 is 15.0 Å². The summed E-state index contributed by atoms with van der Waals surface area (Å²) < 4.78 is 4.89. The summed E-state index contributed by atoms with van der Waals surface area (Å²) in [5.41, 5.74) is 2.39. The summed E-state index contributed by atoms with van der Waals surface area (Å²) in [4.78, 5) is 15.1. The number of ether oxygens (including phenoxy) is 1. The van der Waals surface area contributed by atoms with Crippen LogP contribution >= 0.6 is 11.6 Å². The molecule has 0 fully saturated rings. The van der Waals surface area contributed by atoms with Crippen molar-refractivity contribution < 1.29 is 9.53 Å². The van der Waals surface area contributed by atoms with Gasteiger partial charge in [-0.25, -0.2) is 0 Å². The van der Waals surface area contributed by atoms with Crippen LogP contribution < -0.4 is 5.32 Å². The third-order valence-electron chi connectivity index (χ3n) is 2.84. The van der Waals surface area contributed by atoms with Crippen LogP contribution in [0, 0.1) is 6.92 Å². The molecule has 0 aliphatic heterocycles. The molecule has 0 atom stereocenters. The Morgan fingerprint density at radius 1 is 1.50 bits per heavy atom. The van der Waals surface area contributed by atoms with Gasteiger partial charge >= 0.3 is 0 Å². The SMILES string of the molecule is COCCNC(=O)c1[nH]c2ccc(Cl)cc2c1C. The van der Waals surface area contributed by atoms with E-state index in [0.29, 0.717) is 23.9 Å². The number of nitrogens with one attached hydrogen (secondary N) is 2. The number of fused-ring (bicyclic) bond motifs is 1. The van der Waals surface area contributed by atoms with Crippen molar-refractivity contribution in [2.24, 2.45) is 0 Å². The minimum absolute atomic E-state index is 0.128. The van der Waals surface area contributed by atoms with Crippen LogP contribution in [0.25, 0.3) is 10.9 Å². The van der Waals surface area contributed by atoms with Gasteiger partial charge in [-0.15, -0.1) is 0 Å². The number of carbonyl (C=O) groups is 1. The van der Waals surface area contributed by atoms with Crippen LogP contribution in [0.5, 0.6) is 0 Å². The highest BCUT2D eigenvalue weighted by molar-refractivity contribution is 6.31. The second kappa shape index (κ2) is 5.42. The van der Waals surface area contributed by atoms with Crippen LogP contribution in [0.4, 0.5) is 0 Å². The Balaban J connectivity index is 2.28. The molecule has 0 spiro atoms. The number of aryl methyl sites for hydroxylation is 1. The van der Waals surface area contributed by atoms with Gasteiger partial charge in [0.15, 0.2) is 0 Å². The Morgan fingerprint density at radius 3 is 3.00 bits per heavy atom. The molecule has 0 aliphatic rings. The molecular formula is C13H15ClN2O2. The summed E-state index contributed by atoms with van der Waals surface area (Å²) in [7, 11) is 1.60. The van der Waals surface area contributed by atoms with Gasteiger partial charge in [-0.2, -0.15) is 0 Å². The summed E-state index contributed by atoms with van der Waals surface area (Å²) in [6.07, 6.45) is 0. The number of amides is 1. The van der Waals surface area contributed by atoms with Crippen molar-refractivity contribution in [3.05, 3.63) is 34.5 Å². The number of hydrogen-bond acceptors (Lipinski definition) is 2. The van der Waals surface area contributed by atoms with Crippen molar-refractivity contribution in [3.63, 3.8) is 0 Å². The third-order valence-corrected chi connectivity index (χ3v) is 3.07. The molecule has 0 saturated carbocycles. The van der Waals surface area contributed by atoms with Gasteiger partial charge in [0, 0.05) is 29.6 Å². The minimum Gasteiger partial charge on any atom is -0.383 e. The zero-order valence-electron chi connectivity index (χ0n) is 10.3. The van der Waals surface area contributed by atoms with Gasteiger partial charge in [0.05, 0.1) is 6.61 Å². The molecule has 0 bridgehead atoms. The zero-order valence-corrected chi connectivity index (χ0v) is 11.1. The van der Waals surface area contributed by atoms with Gasteiger partial charge in [0.2, 0.25) is 0 Å². The lowest BCUT2D eigenvalue weighted by molar-refractivity contribution is 0.0932. The minimum atomic E-state index is -0.128. The Kier molecular flexibility index (Phi) is 3.89. The third kappa shape index (κ3) is 2.49. The molecule has 2 aromatic rings. The first-order valence-electron chi connectivity index (χ1n) is 5.68. The highest BCUT2D eigenvalue weighted by Crippen LogP contribution is 2.24. The first-order valence-corrected chi connectivity index (χ1v) is 6.06. The van der Waals surface area contributed by atoms with E-state index in [0.717, 1.165) is 16.5 Å². The second-order valence-corrected chi connectivity index (χ2v) is 4.50. The number of benzene rings is 1. The highest BCUT2D eigenvalue weighted by atomic mass is 35.5. The first-order chi connectivity index (χ1) is 8.63. The van der Waals surface area contributed by atoms with E-state index in [1.165, 1.54) is 0 Å². The van der Waals surface area contributed by atoms with Gasteiger partial charge in [0.25, 0.3) is 5.91 Å². The number of H-pyrrole nitrogens is 1. The predicted molar refractivity (Wildman–Crippen MR) is 72.3 cm³/mol. The van der Waals surface area contributed by atoms with E-state index < -0.39 is 0 Å². The molecule has 2 N–H and O–H groups in total. The number of halogens is 1. The van der Waals surface area contributed by atoms with Crippen molar-refractivity contribution >= 4 is 28.4 Å². The number of aromatic amines is 1. The maximum atomic E-state index is 12.0. The molecule has 1 aromatic carbocycles. The Labute approximate surface area is 110 Å². The van der Waals surface area contributed by atoms with Crippen molar-refractivity contribution in [1.29, 1.82) is 0 Å². The van der Waals surface area contributed by atoms with Crippen molar-refractivity contribution in [1.82, 2.24) is 10.3 Å². The summed E-state index contributed by atoms with van der Waals surface area (Å²) in [5, 5.41) is 4.42. The summed E-state index contributed by atoms with van der Waals surface area (Å²) in [5.74, 6) is -0.128. The van der Waals surface area contributed by atoms with Crippen LogP contribution in [0.15, 0.2) is 18.2 Å². The largest absolute Gasteiger partial charge is 0.383 e. The summed E-state index contributed by atoms with van der Waals surface area (Å²) in [6.45, 7) is 2.89. The van der Waals surface area contributed by atoms with Crippen molar-refractivity contribution in [2.45, 2.75) is 6.92 Å². The van der Waals surface area contributed by atoms with E-state index in [-0.39, 0.29) is 5.91 Å². The molecule has 1 aromatic heterocycles. The molecule has 0 radical (unpaired) electrons. The van der Waals surface area contributed by atoms with E-state index >= 15 is 0 Å². The average Bonchev–Trinajstić information content (AvgIpc) is 2.67. The molecule has 4 nitrogen and oxygen atoms in total. The number of aromatic nitrogens is 1. The van der Waals surface area contributed by atoms with Crippen LogP contribution in [-0.4, -0.2) is 31.2 Å². The molecule has 0 aliphatic carbocycles. The Hall–Kier alpha value is -1.52. The lowest BCUT2D eigenvalue weighted by Gasteiger charge is -2.03. The molecule has 1 heterocycles. The summed E-state index contributed by atoms with van der Waals surface area (Å²) in [6, 6.07) is 5.53.